The molecule has 3 amide bonds. The number of aryl methyl sites for hydroxylation is 1. The largest absolute Gasteiger partial charge is 0.453 e. The number of aromatic amines is 2. The number of alkyl carbamates (subject to hydrolysis) is 1. The van der Waals surface area contributed by atoms with Crippen LogP contribution in [0.3, 0.4) is 0 Å². The van der Waals surface area contributed by atoms with Crippen LogP contribution >= 0.6 is 0 Å². The molecule has 1 fully saturated rings. The average Bonchev–Trinajstić information content (AvgIpc) is 3.84. The number of methoxy groups -OCH3 is 3. The number of nitrogens with zero attached hydrogens (tertiary/aromatic N) is 3. The van der Waals surface area contributed by atoms with Crippen LogP contribution < -0.4 is 16.0 Å². The van der Waals surface area contributed by atoms with Gasteiger partial charge < -0.3 is 39.1 Å². The first-order valence-electron chi connectivity index (χ1n) is 17.1. The predicted molar refractivity (Wildman–Crippen MR) is 194 cm³/mol. The first-order valence-corrected chi connectivity index (χ1v) is 17.1. The quantitative estimate of drug-likeness (QED) is 0.0842. The molecule has 52 heavy (non-hydrogen) atoms. The molecule has 15 nitrogen and oxygen atoms in total. The second-order valence-electron chi connectivity index (χ2n) is 12.4. The lowest BCUT2D eigenvalue weighted by Crippen LogP contribution is -2.53. The van der Waals surface area contributed by atoms with E-state index in [2.05, 4.69) is 72.0 Å². The van der Waals surface area contributed by atoms with Gasteiger partial charge in [0, 0.05) is 39.3 Å². The maximum Gasteiger partial charge on any atom is 0.409 e. The number of ether oxygens (including phenoxy) is 4. The van der Waals surface area contributed by atoms with Crippen molar-refractivity contribution in [2.45, 2.75) is 37.8 Å². The Bertz CT molecular complexity index is 2020. The normalized spacial score (nSPS) is 15.8. The number of carbonyl (C=O) groups excluding carboxylic acids is 3. The Kier molecular flexibility index (Phi) is 11.8. The number of rotatable bonds is 14. The van der Waals surface area contributed by atoms with Crippen LogP contribution in [0.5, 0.6) is 0 Å². The second-order valence-corrected chi connectivity index (χ2v) is 12.4. The number of morpholine rings is 1. The fraction of sp³-hybridized carbons (Fsp3) is 0.378. The van der Waals surface area contributed by atoms with E-state index in [0.29, 0.717) is 25.5 Å². The van der Waals surface area contributed by atoms with Crippen molar-refractivity contribution in [3.05, 3.63) is 72.4 Å². The van der Waals surface area contributed by atoms with Crippen molar-refractivity contribution in [3.8, 4) is 22.4 Å². The lowest BCUT2D eigenvalue weighted by molar-refractivity contribution is -0.152. The number of nitrogens with one attached hydrogen (secondary N) is 5. The van der Waals surface area contributed by atoms with Gasteiger partial charge in [0.05, 0.1) is 43.2 Å². The highest BCUT2D eigenvalue weighted by Crippen LogP contribution is 2.31. The van der Waals surface area contributed by atoms with Gasteiger partial charge in [-0.3, -0.25) is 20.2 Å². The van der Waals surface area contributed by atoms with Gasteiger partial charge in [-0.2, -0.15) is 0 Å². The fourth-order valence-corrected chi connectivity index (χ4v) is 6.31. The highest BCUT2D eigenvalue weighted by Gasteiger charge is 2.35. The van der Waals surface area contributed by atoms with Crippen molar-refractivity contribution < 1.29 is 33.3 Å². The zero-order valence-electron chi connectivity index (χ0n) is 29.7. The van der Waals surface area contributed by atoms with Gasteiger partial charge >= 0.3 is 6.09 Å². The molecule has 3 heterocycles. The van der Waals surface area contributed by atoms with E-state index in [-0.39, 0.29) is 12.5 Å². The first-order chi connectivity index (χ1) is 25.3. The Labute approximate surface area is 300 Å². The standard InChI is InChI=1S/C37H44N8O7/c1-38-34(49-2)33(46)39-14-6-5-7-31-40-20-29(41-31)26-11-10-22-17-23(8-9-24(22)18-26)25-12-13-27-28(19-25)43-32(42-27)30-21-52-16-15-45(30)36(47)35(50-3)44-37(48)51-4/h8-13,17-20,30,34-35,38H,5-7,14-16,21H2,1-4H3,(H,39,46)(H,40,41)(H,42,43)(H,44,48)/t30?,34-,35?/m0/s1. The highest BCUT2D eigenvalue weighted by molar-refractivity contribution is 5.92. The molecule has 2 aromatic heterocycles. The maximum absolute atomic E-state index is 13.3. The Morgan fingerprint density at radius 3 is 2.42 bits per heavy atom. The van der Waals surface area contributed by atoms with Crippen LogP contribution in [0, 0.1) is 0 Å². The molecule has 6 rings (SSSR count). The van der Waals surface area contributed by atoms with Crippen molar-refractivity contribution in [2.24, 2.45) is 0 Å². The molecule has 0 spiro atoms. The minimum Gasteiger partial charge on any atom is -0.453 e. The summed E-state index contributed by atoms with van der Waals surface area (Å²) in [5, 5.41) is 10.3. The van der Waals surface area contributed by atoms with Gasteiger partial charge in [0.15, 0.2) is 6.23 Å². The van der Waals surface area contributed by atoms with Crippen LogP contribution in [-0.2, 0) is 35.0 Å². The van der Waals surface area contributed by atoms with Gasteiger partial charge in [-0.15, -0.1) is 0 Å². The maximum atomic E-state index is 13.3. The number of hydrogen-bond donors (Lipinski definition) is 5. The van der Waals surface area contributed by atoms with Crippen LogP contribution in [0.15, 0.2) is 60.8 Å². The van der Waals surface area contributed by atoms with Crippen LogP contribution in [0.4, 0.5) is 4.79 Å². The fourth-order valence-electron chi connectivity index (χ4n) is 6.31. The number of likely N-dealkylation sites (N-methyl/N-ethyl adjacent to an activating group) is 1. The van der Waals surface area contributed by atoms with E-state index in [1.165, 1.54) is 21.3 Å². The molecule has 1 aliphatic heterocycles. The van der Waals surface area contributed by atoms with Crippen LogP contribution in [0.1, 0.15) is 30.5 Å². The number of aromatic nitrogens is 4. The zero-order chi connectivity index (χ0) is 36.6. The zero-order valence-corrected chi connectivity index (χ0v) is 29.7. The first kappa shape index (κ1) is 36.4. The van der Waals surface area contributed by atoms with E-state index in [0.717, 1.165) is 69.3 Å². The molecule has 3 aromatic carbocycles. The number of amides is 3. The summed E-state index contributed by atoms with van der Waals surface area (Å²) < 4.78 is 20.7. The predicted octanol–water partition coefficient (Wildman–Crippen LogP) is 3.63. The third kappa shape index (κ3) is 8.23. The van der Waals surface area contributed by atoms with Crippen molar-refractivity contribution in [1.82, 2.24) is 40.8 Å². The molecular weight excluding hydrogens is 668 g/mol. The topological polar surface area (TPSA) is 185 Å². The number of carbonyl (C=O) groups is 3. The summed E-state index contributed by atoms with van der Waals surface area (Å²) in [5.41, 5.74) is 5.65. The number of H-pyrrole nitrogens is 2. The smallest absolute Gasteiger partial charge is 0.409 e. The van der Waals surface area contributed by atoms with E-state index in [1.54, 1.807) is 11.9 Å². The summed E-state index contributed by atoms with van der Waals surface area (Å²) >= 11 is 0. The van der Waals surface area contributed by atoms with Crippen LogP contribution in [0.25, 0.3) is 44.2 Å². The molecule has 3 atom stereocenters. The van der Waals surface area contributed by atoms with E-state index in [1.807, 2.05) is 24.4 Å². The van der Waals surface area contributed by atoms with Crippen molar-refractivity contribution >= 4 is 39.7 Å². The summed E-state index contributed by atoms with van der Waals surface area (Å²) in [6.45, 7) is 1.48. The third-order valence-corrected chi connectivity index (χ3v) is 9.11. The molecule has 0 saturated carbocycles. The molecule has 0 bridgehead atoms. The average molecular weight is 713 g/mol. The molecular formula is C37H44N8O7. The van der Waals surface area contributed by atoms with Gasteiger partial charge in [-0.05, 0) is 66.1 Å². The van der Waals surface area contributed by atoms with Crippen molar-refractivity contribution in [1.29, 1.82) is 0 Å². The minimum absolute atomic E-state index is 0.176. The van der Waals surface area contributed by atoms with E-state index < -0.39 is 30.5 Å². The molecule has 2 unspecified atom stereocenters. The molecule has 274 valence electrons. The number of hydrogen-bond acceptors (Lipinski definition) is 10. The lowest BCUT2D eigenvalue weighted by Gasteiger charge is -2.36. The van der Waals surface area contributed by atoms with Gasteiger partial charge in [-0.1, -0.05) is 30.3 Å². The molecule has 1 aliphatic rings. The summed E-state index contributed by atoms with van der Waals surface area (Å²) in [7, 11) is 5.74. The Morgan fingerprint density at radius 1 is 0.942 bits per heavy atom. The van der Waals surface area contributed by atoms with Gasteiger partial charge in [0.1, 0.15) is 17.7 Å². The number of unbranched alkanes of at least 4 members (excludes halogenated alkanes) is 1. The molecule has 5 aromatic rings. The number of imidazole rings is 2. The van der Waals surface area contributed by atoms with E-state index in [4.69, 9.17) is 19.2 Å². The van der Waals surface area contributed by atoms with Crippen molar-refractivity contribution in [3.63, 3.8) is 0 Å². The second kappa shape index (κ2) is 16.8. The van der Waals surface area contributed by atoms with Crippen LogP contribution in [0.2, 0.25) is 0 Å². The molecule has 1 saturated heterocycles. The molecule has 0 aliphatic carbocycles. The Balaban J connectivity index is 1.11. The van der Waals surface area contributed by atoms with Gasteiger partial charge in [-0.25, -0.2) is 14.8 Å². The summed E-state index contributed by atoms with van der Waals surface area (Å²) in [6.07, 6.45) is 1.74. The van der Waals surface area contributed by atoms with Crippen LogP contribution in [-0.4, -0.2) is 110 Å². The SMILES string of the molecule is CN[C@@H](OC)C(=O)NCCCCc1ncc(-c2ccc3cc(-c4ccc5nc(C6COCCN6C(=O)C(NC(=O)OC)OC)[nH]c5c4)ccc3c2)[nH]1. The van der Waals surface area contributed by atoms with Gasteiger partial charge in [0.25, 0.3) is 11.8 Å². The highest BCUT2D eigenvalue weighted by atomic mass is 16.6. The summed E-state index contributed by atoms with van der Waals surface area (Å²) in [6, 6.07) is 18.3. The minimum atomic E-state index is -1.21. The summed E-state index contributed by atoms with van der Waals surface area (Å²) in [5.74, 6) is 0.889. The number of benzene rings is 3. The Hall–Kier alpha value is -5.35. The van der Waals surface area contributed by atoms with E-state index >= 15 is 0 Å². The summed E-state index contributed by atoms with van der Waals surface area (Å²) in [4.78, 5) is 54.9. The molecule has 0 radical (unpaired) electrons. The monoisotopic (exact) mass is 712 g/mol. The van der Waals surface area contributed by atoms with Crippen molar-refractivity contribution in [2.75, 3.05) is 54.7 Å². The Morgan fingerprint density at radius 2 is 1.67 bits per heavy atom. The van der Waals surface area contributed by atoms with E-state index in [9.17, 15) is 14.4 Å². The number of fused-ring (bicyclic) bond motifs is 2. The van der Waals surface area contributed by atoms with Gasteiger partial charge in [0.2, 0.25) is 6.23 Å². The molecule has 15 heteroatoms. The molecule has 5 N–H and O–H groups in total. The lowest BCUT2D eigenvalue weighted by atomic mass is 9.99. The third-order valence-electron chi connectivity index (χ3n) is 9.11.